The lowest BCUT2D eigenvalue weighted by Gasteiger charge is -2.37. The summed E-state index contributed by atoms with van der Waals surface area (Å²) in [4.78, 5) is 27.0. The third-order valence-electron chi connectivity index (χ3n) is 6.17. The van der Waals surface area contributed by atoms with Crippen molar-refractivity contribution in [3.05, 3.63) is 42.0 Å². The number of nitrogens with zero attached hydrogens (tertiary/aromatic N) is 1. The van der Waals surface area contributed by atoms with Gasteiger partial charge in [-0.2, -0.15) is 0 Å². The molecule has 1 aromatic rings. The van der Waals surface area contributed by atoms with Gasteiger partial charge in [-0.3, -0.25) is 9.59 Å². The van der Waals surface area contributed by atoms with E-state index < -0.39 is 0 Å². The maximum absolute atomic E-state index is 12.7. The van der Waals surface area contributed by atoms with Gasteiger partial charge in [-0.15, -0.1) is 0 Å². The van der Waals surface area contributed by atoms with Crippen LogP contribution in [0.5, 0.6) is 5.75 Å². The summed E-state index contributed by atoms with van der Waals surface area (Å²) in [5.41, 5.74) is 1.05. The summed E-state index contributed by atoms with van der Waals surface area (Å²) in [6, 6.07) is 7.92. The molecular weight excluding hydrogens is 366 g/mol. The van der Waals surface area contributed by atoms with Gasteiger partial charge < -0.3 is 20.3 Å². The number of rotatable bonds is 4. The van der Waals surface area contributed by atoms with Crippen LogP contribution in [-0.4, -0.2) is 49.5 Å². The second-order valence-electron chi connectivity index (χ2n) is 8.45. The molecule has 6 heteroatoms. The first-order valence-corrected chi connectivity index (χ1v) is 10.8. The Balaban J connectivity index is 1.42. The normalized spacial score (nSPS) is 26.2. The standard InChI is InChI=1S/C23H31N3O3/c27-22(25-13-17-7-8-17)12-18-9-10-26-16-20(18)5-3-11-29-21-6-2-1-4-19(21)14-24-15-23(26)28/h1-6,17-18,20,24H,7-16H2,(H,25,27)/b5-3+/t18-,20-/m0/s1. The van der Waals surface area contributed by atoms with Gasteiger partial charge in [0.2, 0.25) is 11.8 Å². The van der Waals surface area contributed by atoms with E-state index in [0.29, 0.717) is 38.6 Å². The fourth-order valence-corrected chi connectivity index (χ4v) is 4.19. The Labute approximate surface area is 172 Å². The molecule has 1 aliphatic carbocycles. The van der Waals surface area contributed by atoms with Gasteiger partial charge in [0.25, 0.3) is 0 Å². The maximum atomic E-state index is 12.7. The summed E-state index contributed by atoms with van der Waals surface area (Å²) >= 11 is 0. The zero-order valence-electron chi connectivity index (χ0n) is 16.9. The molecule has 1 saturated carbocycles. The lowest BCUT2D eigenvalue weighted by Crippen LogP contribution is -2.47. The molecular formula is C23H31N3O3. The summed E-state index contributed by atoms with van der Waals surface area (Å²) in [6.45, 7) is 3.62. The Morgan fingerprint density at radius 2 is 2.07 bits per heavy atom. The van der Waals surface area contributed by atoms with Gasteiger partial charge in [0.05, 0.1) is 6.54 Å². The van der Waals surface area contributed by atoms with Crippen LogP contribution in [-0.2, 0) is 16.1 Å². The number of hydrogen-bond donors (Lipinski definition) is 2. The second kappa shape index (κ2) is 9.44. The monoisotopic (exact) mass is 397 g/mol. The van der Waals surface area contributed by atoms with Crippen LogP contribution in [0.15, 0.2) is 36.4 Å². The number of para-hydroxylation sites is 1. The zero-order valence-corrected chi connectivity index (χ0v) is 16.9. The molecule has 0 unspecified atom stereocenters. The number of fused-ring (bicyclic) bond motifs is 3. The van der Waals surface area contributed by atoms with Gasteiger partial charge in [0.15, 0.2) is 0 Å². The minimum absolute atomic E-state index is 0.123. The Hall–Kier alpha value is -2.34. The molecule has 2 fully saturated rings. The number of nitrogens with one attached hydrogen (secondary N) is 2. The van der Waals surface area contributed by atoms with Gasteiger partial charge in [-0.05, 0) is 43.1 Å². The fourth-order valence-electron chi connectivity index (χ4n) is 4.19. The molecule has 156 valence electrons. The molecule has 0 aromatic heterocycles. The number of piperidine rings is 1. The van der Waals surface area contributed by atoms with Crippen LogP contribution < -0.4 is 15.4 Å². The zero-order chi connectivity index (χ0) is 20.1. The number of benzene rings is 1. The van der Waals surface area contributed by atoms with Crippen molar-refractivity contribution in [2.75, 3.05) is 32.8 Å². The lowest BCUT2D eigenvalue weighted by atomic mass is 9.82. The first-order valence-electron chi connectivity index (χ1n) is 10.8. The van der Waals surface area contributed by atoms with Crippen molar-refractivity contribution in [1.29, 1.82) is 0 Å². The van der Waals surface area contributed by atoms with Gasteiger partial charge in [-0.1, -0.05) is 30.4 Å². The number of carbonyl (C=O) groups is 2. The van der Waals surface area contributed by atoms with Crippen LogP contribution in [0.3, 0.4) is 0 Å². The lowest BCUT2D eigenvalue weighted by molar-refractivity contribution is -0.132. The fraction of sp³-hybridized carbons (Fsp3) is 0.565. The molecule has 6 nitrogen and oxygen atoms in total. The molecule has 2 N–H and O–H groups in total. The molecule has 2 bridgehead atoms. The Morgan fingerprint density at radius 3 is 2.93 bits per heavy atom. The predicted octanol–water partition coefficient (Wildman–Crippen LogP) is 2.11. The first-order chi connectivity index (χ1) is 14.2. The highest BCUT2D eigenvalue weighted by atomic mass is 16.5. The number of hydrogen-bond acceptors (Lipinski definition) is 4. The van der Waals surface area contributed by atoms with Gasteiger partial charge in [0.1, 0.15) is 12.4 Å². The van der Waals surface area contributed by atoms with Crippen LogP contribution in [0.25, 0.3) is 0 Å². The van der Waals surface area contributed by atoms with E-state index in [1.807, 2.05) is 35.2 Å². The van der Waals surface area contributed by atoms with Crippen LogP contribution in [0, 0.1) is 17.8 Å². The van der Waals surface area contributed by atoms with Gasteiger partial charge in [0, 0.05) is 38.2 Å². The van der Waals surface area contributed by atoms with Crippen LogP contribution in [0.1, 0.15) is 31.2 Å². The highest BCUT2D eigenvalue weighted by Crippen LogP contribution is 2.30. The molecule has 3 aliphatic rings. The van der Waals surface area contributed by atoms with E-state index in [-0.39, 0.29) is 23.7 Å². The quantitative estimate of drug-likeness (QED) is 0.764. The third-order valence-corrected chi connectivity index (χ3v) is 6.17. The van der Waals surface area contributed by atoms with Crippen molar-refractivity contribution in [3.8, 4) is 5.75 Å². The molecule has 2 heterocycles. The maximum Gasteiger partial charge on any atom is 0.236 e. The minimum Gasteiger partial charge on any atom is -0.489 e. The Morgan fingerprint density at radius 1 is 1.21 bits per heavy atom. The number of ether oxygens (including phenoxy) is 1. The van der Waals surface area contributed by atoms with Crippen LogP contribution >= 0.6 is 0 Å². The predicted molar refractivity (Wildman–Crippen MR) is 111 cm³/mol. The van der Waals surface area contributed by atoms with E-state index in [0.717, 1.165) is 30.8 Å². The van der Waals surface area contributed by atoms with Crippen LogP contribution in [0.4, 0.5) is 0 Å². The van der Waals surface area contributed by atoms with Gasteiger partial charge in [-0.25, -0.2) is 0 Å². The molecule has 2 amide bonds. The average molecular weight is 398 g/mol. The van der Waals surface area contributed by atoms with E-state index in [2.05, 4.69) is 16.7 Å². The van der Waals surface area contributed by atoms with E-state index in [4.69, 9.17) is 4.74 Å². The van der Waals surface area contributed by atoms with Crippen molar-refractivity contribution in [2.24, 2.45) is 17.8 Å². The summed E-state index contributed by atoms with van der Waals surface area (Å²) in [7, 11) is 0. The van der Waals surface area contributed by atoms with Crippen molar-refractivity contribution in [3.63, 3.8) is 0 Å². The SMILES string of the molecule is O=C(C[C@@H]1CCN2C[C@@H]1/C=C/COc1ccccc1CNCC2=O)NCC1CC1. The van der Waals surface area contributed by atoms with Crippen LogP contribution in [0.2, 0.25) is 0 Å². The van der Waals surface area contributed by atoms with Crippen molar-refractivity contribution < 1.29 is 14.3 Å². The average Bonchev–Trinajstić information content (AvgIpc) is 3.55. The van der Waals surface area contributed by atoms with E-state index in [1.165, 1.54) is 12.8 Å². The van der Waals surface area contributed by atoms with Crippen molar-refractivity contribution in [2.45, 2.75) is 32.2 Å². The topological polar surface area (TPSA) is 70.7 Å². The molecule has 1 aromatic carbocycles. The molecule has 4 rings (SSSR count). The van der Waals surface area contributed by atoms with Crippen molar-refractivity contribution >= 4 is 11.8 Å². The highest BCUT2D eigenvalue weighted by molar-refractivity contribution is 5.79. The molecule has 2 atom stereocenters. The number of amides is 2. The largest absolute Gasteiger partial charge is 0.489 e. The highest BCUT2D eigenvalue weighted by Gasteiger charge is 2.31. The number of carbonyl (C=O) groups excluding carboxylic acids is 2. The minimum atomic E-state index is 0.123. The first kappa shape index (κ1) is 20.0. The third kappa shape index (κ3) is 5.60. The van der Waals surface area contributed by atoms with E-state index in [1.54, 1.807) is 0 Å². The molecule has 1 saturated heterocycles. The summed E-state index contributed by atoms with van der Waals surface area (Å²) in [5, 5.41) is 6.34. The van der Waals surface area contributed by atoms with Crippen molar-refractivity contribution in [1.82, 2.24) is 15.5 Å². The summed E-state index contributed by atoms with van der Waals surface area (Å²) in [6.07, 6.45) is 8.05. The Bertz CT molecular complexity index is 759. The summed E-state index contributed by atoms with van der Waals surface area (Å²) < 4.78 is 5.95. The molecule has 29 heavy (non-hydrogen) atoms. The molecule has 0 radical (unpaired) electrons. The van der Waals surface area contributed by atoms with E-state index in [9.17, 15) is 9.59 Å². The van der Waals surface area contributed by atoms with Gasteiger partial charge >= 0.3 is 0 Å². The summed E-state index contributed by atoms with van der Waals surface area (Å²) in [5.74, 6) is 2.24. The smallest absolute Gasteiger partial charge is 0.236 e. The molecule has 0 spiro atoms. The Kier molecular flexibility index (Phi) is 6.49. The molecule has 2 aliphatic heterocycles. The second-order valence-corrected chi connectivity index (χ2v) is 8.45. The van der Waals surface area contributed by atoms with E-state index >= 15 is 0 Å².